The maximum atomic E-state index is 13.4. The Morgan fingerprint density at radius 2 is 1.93 bits per heavy atom. The van der Waals surface area contributed by atoms with Crippen molar-refractivity contribution in [2.45, 2.75) is 32.2 Å². The molecule has 2 aliphatic rings. The third-order valence-electron chi connectivity index (χ3n) is 6.23. The topological polar surface area (TPSA) is 62.5 Å². The number of anilines is 1. The smallest absolute Gasteiger partial charge is 0.323 e. The summed E-state index contributed by atoms with van der Waals surface area (Å²) >= 11 is 6.44. The molecule has 0 radical (unpaired) electrons. The molecule has 29 heavy (non-hydrogen) atoms. The summed E-state index contributed by atoms with van der Waals surface area (Å²) in [5.74, 6) is -0.824. The minimum Gasteiger partial charge on any atom is -0.480 e. The molecule has 1 aliphatic heterocycles. The molecule has 0 saturated heterocycles. The Bertz CT molecular complexity index is 1150. The van der Waals surface area contributed by atoms with E-state index in [9.17, 15) is 14.7 Å². The molecule has 1 aromatic heterocycles. The van der Waals surface area contributed by atoms with Gasteiger partial charge in [-0.15, -0.1) is 0 Å². The molecule has 2 aromatic carbocycles. The van der Waals surface area contributed by atoms with Gasteiger partial charge in [0.25, 0.3) is 0 Å². The van der Waals surface area contributed by atoms with Crippen LogP contribution in [0.3, 0.4) is 0 Å². The van der Waals surface area contributed by atoms with Crippen LogP contribution in [-0.4, -0.2) is 28.1 Å². The van der Waals surface area contributed by atoms with Gasteiger partial charge in [0.1, 0.15) is 6.54 Å². The number of para-hydroxylation sites is 2. The van der Waals surface area contributed by atoms with Crippen molar-refractivity contribution in [3.63, 3.8) is 0 Å². The fourth-order valence-corrected chi connectivity index (χ4v) is 5.24. The van der Waals surface area contributed by atoms with E-state index in [4.69, 9.17) is 11.6 Å². The van der Waals surface area contributed by atoms with Crippen LogP contribution in [0.15, 0.2) is 42.5 Å². The van der Waals surface area contributed by atoms with Gasteiger partial charge in [-0.25, -0.2) is 0 Å². The summed E-state index contributed by atoms with van der Waals surface area (Å²) in [7, 11) is 0. The van der Waals surface area contributed by atoms with Crippen LogP contribution < -0.4 is 4.90 Å². The average molecular weight is 409 g/mol. The second-order valence-electron chi connectivity index (χ2n) is 7.85. The van der Waals surface area contributed by atoms with E-state index in [1.54, 1.807) is 6.07 Å². The van der Waals surface area contributed by atoms with Crippen molar-refractivity contribution in [2.75, 3.05) is 11.4 Å². The number of carbonyl (C=O) groups excluding carboxylic acids is 1. The predicted octanol–water partition coefficient (Wildman–Crippen LogP) is 4.07. The fraction of sp³-hybridized carbons (Fsp3) is 0.304. The number of rotatable bonds is 3. The summed E-state index contributed by atoms with van der Waals surface area (Å²) in [6, 6.07) is 13.8. The van der Waals surface area contributed by atoms with Gasteiger partial charge in [-0.05, 0) is 48.9 Å². The number of aliphatic carboxylic acids is 1. The third-order valence-corrected chi connectivity index (χ3v) is 6.54. The van der Waals surface area contributed by atoms with Crippen molar-refractivity contribution in [1.82, 2.24) is 4.57 Å². The number of carboxylic acid groups (broad SMARTS) is 1. The van der Waals surface area contributed by atoms with E-state index in [0.29, 0.717) is 17.9 Å². The average Bonchev–Trinajstić information content (AvgIpc) is 3.27. The SMILES string of the molecule is O=C(O)Cn1c2c(c3cccc(Cl)c31)CC(C(=O)N1CCc3ccccc31)CC2. The molecule has 1 amide bonds. The van der Waals surface area contributed by atoms with E-state index in [-0.39, 0.29) is 18.4 Å². The summed E-state index contributed by atoms with van der Waals surface area (Å²) in [4.78, 5) is 26.7. The van der Waals surface area contributed by atoms with Gasteiger partial charge < -0.3 is 14.6 Å². The van der Waals surface area contributed by atoms with Crippen molar-refractivity contribution in [2.24, 2.45) is 5.92 Å². The van der Waals surface area contributed by atoms with E-state index in [2.05, 4.69) is 6.07 Å². The number of aromatic nitrogens is 1. The zero-order valence-corrected chi connectivity index (χ0v) is 16.7. The lowest BCUT2D eigenvalue weighted by Crippen LogP contribution is -2.37. The van der Waals surface area contributed by atoms with E-state index in [1.165, 1.54) is 5.56 Å². The lowest BCUT2D eigenvalue weighted by molar-refractivity contribution is -0.137. The lowest BCUT2D eigenvalue weighted by atomic mass is 9.85. The highest BCUT2D eigenvalue weighted by Gasteiger charge is 2.34. The highest BCUT2D eigenvalue weighted by Crippen LogP contribution is 2.39. The first-order valence-electron chi connectivity index (χ1n) is 9.94. The quantitative estimate of drug-likeness (QED) is 0.710. The number of halogens is 1. The Labute approximate surface area is 173 Å². The number of carbonyl (C=O) groups is 2. The monoisotopic (exact) mass is 408 g/mol. The van der Waals surface area contributed by atoms with Gasteiger partial charge >= 0.3 is 5.97 Å². The largest absolute Gasteiger partial charge is 0.480 e. The minimum atomic E-state index is -0.892. The van der Waals surface area contributed by atoms with Crippen LogP contribution in [-0.2, 0) is 35.4 Å². The van der Waals surface area contributed by atoms with E-state index in [0.717, 1.165) is 47.2 Å². The minimum absolute atomic E-state index is 0.100. The van der Waals surface area contributed by atoms with Crippen LogP contribution in [0, 0.1) is 5.92 Å². The first kappa shape index (κ1) is 18.3. The van der Waals surface area contributed by atoms with Crippen LogP contribution in [0.5, 0.6) is 0 Å². The molecular weight excluding hydrogens is 388 g/mol. The number of hydrogen-bond acceptors (Lipinski definition) is 2. The maximum Gasteiger partial charge on any atom is 0.323 e. The Balaban J connectivity index is 1.52. The molecule has 148 valence electrons. The lowest BCUT2D eigenvalue weighted by Gasteiger charge is -2.27. The molecule has 5 rings (SSSR count). The third kappa shape index (κ3) is 2.92. The molecule has 5 nitrogen and oxygen atoms in total. The zero-order valence-electron chi connectivity index (χ0n) is 15.9. The number of benzene rings is 2. The Morgan fingerprint density at radius 3 is 2.76 bits per heavy atom. The highest BCUT2D eigenvalue weighted by molar-refractivity contribution is 6.35. The van der Waals surface area contributed by atoms with Gasteiger partial charge in [-0.2, -0.15) is 0 Å². The first-order chi connectivity index (χ1) is 14.0. The van der Waals surface area contributed by atoms with Crippen molar-refractivity contribution in [1.29, 1.82) is 0 Å². The van der Waals surface area contributed by atoms with Crippen molar-refractivity contribution < 1.29 is 14.7 Å². The number of fused-ring (bicyclic) bond motifs is 4. The molecule has 1 atom stereocenters. The zero-order chi connectivity index (χ0) is 20.1. The molecule has 0 saturated carbocycles. The van der Waals surface area contributed by atoms with E-state index >= 15 is 0 Å². The van der Waals surface area contributed by atoms with Crippen molar-refractivity contribution in [3.05, 3.63) is 64.3 Å². The number of carboxylic acids is 1. The Hall–Kier alpha value is -2.79. The standard InChI is InChI=1S/C23H21ClN2O3/c24-18-6-3-5-16-17-12-15(8-9-20(17)26(22(16)18)13-21(27)28)23(29)25-11-10-14-4-1-2-7-19(14)25/h1-7,15H,8-13H2,(H,27,28). The van der Waals surface area contributed by atoms with Gasteiger partial charge in [0.15, 0.2) is 0 Å². The van der Waals surface area contributed by atoms with E-state index in [1.807, 2.05) is 39.8 Å². The molecule has 2 heterocycles. The normalized spacial score (nSPS) is 18.0. The molecule has 0 spiro atoms. The van der Waals surface area contributed by atoms with Crippen LogP contribution in [0.25, 0.3) is 10.9 Å². The molecule has 1 aliphatic carbocycles. The molecule has 3 aromatic rings. The van der Waals surface area contributed by atoms with Gasteiger partial charge in [0.2, 0.25) is 5.91 Å². The van der Waals surface area contributed by atoms with Gasteiger partial charge in [0.05, 0.1) is 10.5 Å². The second-order valence-corrected chi connectivity index (χ2v) is 8.26. The summed E-state index contributed by atoms with van der Waals surface area (Å²) in [6.07, 6.45) is 2.92. The van der Waals surface area contributed by atoms with Gasteiger partial charge in [-0.3, -0.25) is 9.59 Å². The van der Waals surface area contributed by atoms with Crippen LogP contribution in [0.1, 0.15) is 23.2 Å². The summed E-state index contributed by atoms with van der Waals surface area (Å²) < 4.78 is 1.82. The summed E-state index contributed by atoms with van der Waals surface area (Å²) in [5, 5.41) is 10.9. The molecular formula is C23H21ClN2O3. The van der Waals surface area contributed by atoms with Crippen molar-refractivity contribution in [3.8, 4) is 0 Å². The van der Waals surface area contributed by atoms with Gasteiger partial charge in [0, 0.05) is 29.2 Å². The Kier molecular flexibility index (Phi) is 4.36. The van der Waals surface area contributed by atoms with Crippen LogP contribution in [0.4, 0.5) is 5.69 Å². The maximum absolute atomic E-state index is 13.4. The summed E-state index contributed by atoms with van der Waals surface area (Å²) in [5.41, 5.74) is 5.09. The number of hydrogen-bond donors (Lipinski definition) is 1. The van der Waals surface area contributed by atoms with Gasteiger partial charge in [-0.1, -0.05) is 41.9 Å². The predicted molar refractivity (Wildman–Crippen MR) is 113 cm³/mol. The summed E-state index contributed by atoms with van der Waals surface area (Å²) in [6.45, 7) is 0.613. The molecule has 0 fully saturated rings. The van der Waals surface area contributed by atoms with E-state index < -0.39 is 5.97 Å². The number of nitrogens with zero attached hydrogens (tertiary/aromatic N) is 2. The fourth-order valence-electron chi connectivity index (χ4n) is 4.97. The van der Waals surface area contributed by atoms with Crippen molar-refractivity contribution >= 4 is 40.1 Å². The highest BCUT2D eigenvalue weighted by atomic mass is 35.5. The molecule has 1 unspecified atom stereocenters. The molecule has 1 N–H and O–H groups in total. The number of amides is 1. The van der Waals surface area contributed by atoms with Crippen LogP contribution >= 0.6 is 11.6 Å². The Morgan fingerprint density at radius 1 is 1.10 bits per heavy atom. The first-order valence-corrected chi connectivity index (χ1v) is 10.3. The second kappa shape index (κ2) is 6.92. The molecule has 6 heteroatoms. The molecule has 0 bridgehead atoms. The van der Waals surface area contributed by atoms with Crippen LogP contribution in [0.2, 0.25) is 5.02 Å².